The van der Waals surface area contributed by atoms with Crippen molar-refractivity contribution in [3.8, 4) is 28.7 Å². The Kier molecular flexibility index (Phi) is 9.84. The summed E-state index contributed by atoms with van der Waals surface area (Å²) in [6.45, 7) is 3.78. The molecule has 10 nitrogen and oxygen atoms in total. The molecule has 1 amide bonds. The van der Waals surface area contributed by atoms with Crippen molar-refractivity contribution in [1.82, 2.24) is 19.4 Å². The molecule has 2 aromatic heterocycles. The van der Waals surface area contributed by atoms with E-state index >= 15 is 4.39 Å². The van der Waals surface area contributed by atoms with Crippen LogP contribution in [0.15, 0.2) is 95.9 Å². The summed E-state index contributed by atoms with van der Waals surface area (Å²) in [6, 6.07) is 21.2. The molecule has 0 bridgehead atoms. The Bertz CT molecular complexity index is 2290. The molecule has 1 aliphatic heterocycles. The number of aromatic nitrogens is 3. The van der Waals surface area contributed by atoms with Crippen LogP contribution in [0, 0.1) is 11.6 Å². The first-order valence-corrected chi connectivity index (χ1v) is 16.8. The minimum atomic E-state index is -0.860. The van der Waals surface area contributed by atoms with Gasteiger partial charge < -0.3 is 24.4 Å². The number of nitrogens with zero attached hydrogens (tertiary/aromatic N) is 4. The van der Waals surface area contributed by atoms with Gasteiger partial charge in [-0.1, -0.05) is 24.6 Å². The number of anilines is 1. The fourth-order valence-corrected chi connectivity index (χ4v) is 6.26. The van der Waals surface area contributed by atoms with Crippen molar-refractivity contribution in [3.05, 3.63) is 119 Å². The number of carbonyl (C=O) groups is 1. The number of para-hydroxylation sites is 2. The van der Waals surface area contributed by atoms with Crippen LogP contribution in [0.4, 0.5) is 14.5 Å². The van der Waals surface area contributed by atoms with Crippen molar-refractivity contribution in [3.63, 3.8) is 0 Å². The monoisotopic (exact) mass is 691 g/mol. The van der Waals surface area contributed by atoms with E-state index in [-0.39, 0.29) is 17.1 Å². The SMILES string of the molecule is COc1cc2c(Oc3ccc(NC(=O)c4nc5ccccc5n(-c5cccc(F)c5)c4=O)cc3F)ccnc2cc1OCCCN1CCCCC1. The summed E-state index contributed by atoms with van der Waals surface area (Å²) in [6.07, 6.45) is 6.23. The van der Waals surface area contributed by atoms with E-state index in [2.05, 4.69) is 20.2 Å². The zero-order chi connectivity index (χ0) is 35.3. The van der Waals surface area contributed by atoms with Crippen LogP contribution in [0.3, 0.4) is 0 Å². The predicted octanol–water partition coefficient (Wildman–Crippen LogP) is 7.52. The number of pyridine rings is 1. The molecular formula is C39H35F2N5O5. The summed E-state index contributed by atoms with van der Waals surface area (Å²) < 4.78 is 48.5. The lowest BCUT2D eigenvalue weighted by molar-refractivity contribution is 0.102. The lowest BCUT2D eigenvalue weighted by atomic mass is 10.1. The maximum absolute atomic E-state index is 15.5. The highest BCUT2D eigenvalue weighted by atomic mass is 19.1. The number of nitrogens with one attached hydrogen (secondary N) is 1. The fourth-order valence-electron chi connectivity index (χ4n) is 6.26. The molecule has 4 aromatic carbocycles. The number of amides is 1. The number of rotatable bonds is 11. The number of methoxy groups -OCH3 is 1. The zero-order valence-electron chi connectivity index (χ0n) is 27.9. The van der Waals surface area contributed by atoms with Crippen LogP contribution in [0.2, 0.25) is 0 Å². The summed E-state index contributed by atoms with van der Waals surface area (Å²) in [7, 11) is 1.55. The van der Waals surface area contributed by atoms with E-state index in [0.29, 0.717) is 45.8 Å². The van der Waals surface area contributed by atoms with Crippen molar-refractivity contribution in [2.75, 3.05) is 38.7 Å². The summed E-state index contributed by atoms with van der Waals surface area (Å²) in [5, 5.41) is 3.14. The molecule has 3 heterocycles. The molecule has 0 aliphatic carbocycles. The first kappa shape index (κ1) is 33.6. The van der Waals surface area contributed by atoms with Crippen LogP contribution in [-0.2, 0) is 0 Å². The molecule has 7 rings (SSSR count). The van der Waals surface area contributed by atoms with Gasteiger partial charge in [-0.3, -0.25) is 19.1 Å². The van der Waals surface area contributed by atoms with Crippen LogP contribution in [0.25, 0.3) is 27.6 Å². The van der Waals surface area contributed by atoms with Gasteiger partial charge in [-0.25, -0.2) is 13.8 Å². The molecule has 1 saturated heterocycles. The average Bonchev–Trinajstić information content (AvgIpc) is 3.14. The number of hydrogen-bond acceptors (Lipinski definition) is 8. The molecule has 0 unspecified atom stereocenters. The van der Waals surface area contributed by atoms with Gasteiger partial charge in [0.15, 0.2) is 28.8 Å². The molecule has 6 aromatic rings. The van der Waals surface area contributed by atoms with Crippen molar-refractivity contribution in [2.45, 2.75) is 25.7 Å². The van der Waals surface area contributed by atoms with Gasteiger partial charge in [0, 0.05) is 35.9 Å². The molecule has 260 valence electrons. The normalized spacial score (nSPS) is 13.3. The van der Waals surface area contributed by atoms with Gasteiger partial charge in [0.05, 0.1) is 36.0 Å². The van der Waals surface area contributed by atoms with E-state index < -0.39 is 28.8 Å². The number of halogens is 2. The van der Waals surface area contributed by atoms with Gasteiger partial charge in [-0.15, -0.1) is 0 Å². The highest BCUT2D eigenvalue weighted by Gasteiger charge is 2.20. The Labute approximate surface area is 292 Å². The van der Waals surface area contributed by atoms with E-state index in [1.807, 2.05) is 0 Å². The first-order chi connectivity index (χ1) is 24.9. The Balaban J connectivity index is 1.08. The summed E-state index contributed by atoms with van der Waals surface area (Å²) in [4.78, 5) is 38.1. The third-order valence-corrected chi connectivity index (χ3v) is 8.76. The highest BCUT2D eigenvalue weighted by Crippen LogP contribution is 2.38. The predicted molar refractivity (Wildman–Crippen MR) is 190 cm³/mol. The maximum Gasteiger partial charge on any atom is 0.287 e. The van der Waals surface area contributed by atoms with Crippen molar-refractivity contribution in [2.24, 2.45) is 0 Å². The molecule has 1 N–H and O–H groups in total. The number of hydrogen-bond donors (Lipinski definition) is 1. The second-order valence-corrected chi connectivity index (χ2v) is 12.2. The molecular weight excluding hydrogens is 656 g/mol. The molecule has 0 spiro atoms. The smallest absolute Gasteiger partial charge is 0.287 e. The molecule has 0 radical (unpaired) electrons. The summed E-state index contributed by atoms with van der Waals surface area (Å²) in [5.74, 6) is -0.879. The minimum absolute atomic E-state index is 0.0693. The third kappa shape index (κ3) is 7.36. The van der Waals surface area contributed by atoms with Gasteiger partial charge in [0.2, 0.25) is 0 Å². The van der Waals surface area contributed by atoms with E-state index in [0.717, 1.165) is 32.1 Å². The van der Waals surface area contributed by atoms with Crippen molar-refractivity contribution >= 4 is 33.5 Å². The molecule has 0 atom stereocenters. The molecule has 0 saturated carbocycles. The standard InChI is InChI=1S/C39H35F2N5O5/c1-49-35-23-28-31(24-36(35)50-20-8-19-45-17-5-2-6-18-45)42-16-15-33(28)51-34-14-13-26(22-29(34)41)43-38(47)37-39(48)46(27-10-7-9-25(40)21-27)32-12-4-3-11-30(32)44-37/h3-4,7,9-16,21-24H,2,5-6,8,17-20H2,1H3,(H,43,47). The maximum atomic E-state index is 15.5. The van der Waals surface area contributed by atoms with Crippen molar-refractivity contribution < 1.29 is 27.8 Å². The number of likely N-dealkylation sites (tertiary alicyclic amines) is 1. The quantitative estimate of drug-likeness (QED) is 0.139. The van der Waals surface area contributed by atoms with Gasteiger partial charge in [-0.05, 0) is 86.9 Å². The largest absolute Gasteiger partial charge is 0.493 e. The van der Waals surface area contributed by atoms with E-state index in [9.17, 15) is 14.0 Å². The number of benzene rings is 4. The summed E-state index contributed by atoms with van der Waals surface area (Å²) >= 11 is 0. The van der Waals surface area contributed by atoms with Gasteiger partial charge in [0.1, 0.15) is 11.6 Å². The van der Waals surface area contributed by atoms with Gasteiger partial charge in [-0.2, -0.15) is 0 Å². The fraction of sp³-hybridized carbons (Fsp3) is 0.231. The Morgan fingerprint density at radius 1 is 0.863 bits per heavy atom. The average molecular weight is 692 g/mol. The zero-order valence-corrected chi connectivity index (χ0v) is 27.9. The highest BCUT2D eigenvalue weighted by molar-refractivity contribution is 6.03. The molecule has 12 heteroatoms. The van der Waals surface area contributed by atoms with Crippen LogP contribution in [-0.4, -0.2) is 58.7 Å². The molecule has 51 heavy (non-hydrogen) atoms. The summed E-state index contributed by atoms with van der Waals surface area (Å²) in [5.41, 5.74) is 0.410. The van der Waals surface area contributed by atoms with Crippen LogP contribution in [0.5, 0.6) is 23.0 Å². The van der Waals surface area contributed by atoms with E-state index in [4.69, 9.17) is 14.2 Å². The number of fused-ring (bicyclic) bond motifs is 2. The number of carbonyl (C=O) groups excluding carboxylic acids is 1. The van der Waals surface area contributed by atoms with Crippen LogP contribution in [0.1, 0.15) is 36.2 Å². The van der Waals surface area contributed by atoms with Crippen LogP contribution < -0.4 is 25.1 Å². The minimum Gasteiger partial charge on any atom is -0.493 e. The van der Waals surface area contributed by atoms with Crippen LogP contribution >= 0.6 is 0 Å². The number of piperidine rings is 1. The Morgan fingerprint density at radius 3 is 2.51 bits per heavy atom. The van der Waals surface area contributed by atoms with E-state index in [1.54, 1.807) is 61.8 Å². The van der Waals surface area contributed by atoms with E-state index in [1.165, 1.54) is 54.2 Å². The third-order valence-electron chi connectivity index (χ3n) is 8.76. The molecule has 1 aliphatic rings. The second kappa shape index (κ2) is 14.9. The lowest BCUT2D eigenvalue weighted by Crippen LogP contribution is -2.31. The van der Waals surface area contributed by atoms with Gasteiger partial charge >= 0.3 is 0 Å². The molecule has 1 fully saturated rings. The van der Waals surface area contributed by atoms with Crippen molar-refractivity contribution in [1.29, 1.82) is 0 Å². The first-order valence-electron chi connectivity index (χ1n) is 16.8. The Hall–Kier alpha value is -5.88. The number of ether oxygens (including phenoxy) is 3. The Morgan fingerprint density at radius 2 is 1.71 bits per heavy atom. The topological polar surface area (TPSA) is 108 Å². The second-order valence-electron chi connectivity index (χ2n) is 12.2. The lowest BCUT2D eigenvalue weighted by Gasteiger charge is -2.26. The van der Waals surface area contributed by atoms with Gasteiger partial charge in [0.25, 0.3) is 11.5 Å².